The molecule has 2 nitrogen and oxygen atoms in total. The Bertz CT molecular complexity index is 127. The fraction of sp³-hybridized carbons (Fsp3) is 0.875. The van der Waals surface area contributed by atoms with E-state index >= 15 is 0 Å². The highest BCUT2D eigenvalue weighted by Gasteiger charge is 2.30. The molecule has 0 aromatic heterocycles. The lowest BCUT2D eigenvalue weighted by molar-refractivity contribution is -0.145. The van der Waals surface area contributed by atoms with Gasteiger partial charge in [-0.2, -0.15) is 0 Å². The van der Waals surface area contributed by atoms with E-state index in [1.54, 1.807) is 0 Å². The van der Waals surface area contributed by atoms with E-state index in [2.05, 4.69) is 0 Å². The van der Waals surface area contributed by atoms with Crippen molar-refractivity contribution >= 4 is 5.97 Å². The molecule has 0 aromatic rings. The van der Waals surface area contributed by atoms with Crippen LogP contribution in [-0.4, -0.2) is 11.1 Å². The second-order valence-electron chi connectivity index (χ2n) is 3.04. The first-order chi connectivity index (χ1) is 4.75. The van der Waals surface area contributed by atoms with Crippen LogP contribution in [-0.2, 0) is 4.79 Å². The summed E-state index contributed by atoms with van der Waals surface area (Å²) in [5, 5.41) is 8.71. The van der Waals surface area contributed by atoms with E-state index in [9.17, 15) is 4.79 Å². The maximum atomic E-state index is 10.6. The van der Waals surface area contributed by atoms with E-state index in [0.29, 0.717) is 5.92 Å². The molecule has 0 heterocycles. The maximum Gasteiger partial charge on any atom is 0.306 e. The van der Waals surface area contributed by atoms with Crippen LogP contribution in [0.15, 0.2) is 0 Å². The largest absolute Gasteiger partial charge is 0.481 e. The zero-order chi connectivity index (χ0) is 7.56. The molecule has 0 saturated heterocycles. The Kier molecular flexibility index (Phi) is 2.30. The number of rotatable bonds is 3. The van der Waals surface area contributed by atoms with Crippen molar-refractivity contribution in [1.29, 1.82) is 0 Å². The lowest BCUT2D eigenvalue weighted by Crippen LogP contribution is -2.27. The van der Waals surface area contributed by atoms with Gasteiger partial charge in [0.1, 0.15) is 0 Å². The summed E-state index contributed by atoms with van der Waals surface area (Å²) in [7, 11) is 0. The number of carbonyl (C=O) groups is 1. The van der Waals surface area contributed by atoms with Gasteiger partial charge in [-0.25, -0.2) is 0 Å². The van der Waals surface area contributed by atoms with Gasteiger partial charge in [0.25, 0.3) is 0 Å². The third-order valence-corrected chi connectivity index (χ3v) is 2.48. The summed E-state index contributed by atoms with van der Waals surface area (Å²) < 4.78 is 0. The standard InChI is InChI=1S/C8H14O2/c1-2-7(8(9)10)6-4-3-5-6/h6-7H,2-5H2,1H3,(H,9,10)/t7-/m0/s1. The highest BCUT2D eigenvalue weighted by atomic mass is 16.4. The van der Waals surface area contributed by atoms with Gasteiger partial charge in [0.15, 0.2) is 0 Å². The van der Waals surface area contributed by atoms with E-state index < -0.39 is 5.97 Å². The second-order valence-corrected chi connectivity index (χ2v) is 3.04. The minimum atomic E-state index is -0.604. The number of hydrogen-bond donors (Lipinski definition) is 1. The quantitative estimate of drug-likeness (QED) is 0.653. The van der Waals surface area contributed by atoms with Crippen LogP contribution in [0, 0.1) is 11.8 Å². The molecule has 0 unspecified atom stereocenters. The first-order valence-electron chi connectivity index (χ1n) is 3.98. The van der Waals surface area contributed by atoms with Gasteiger partial charge >= 0.3 is 5.97 Å². The molecule has 1 aliphatic rings. The molecule has 0 aliphatic heterocycles. The third-order valence-electron chi connectivity index (χ3n) is 2.48. The number of carboxylic acids is 1. The highest BCUT2D eigenvalue weighted by molar-refractivity contribution is 5.70. The zero-order valence-electron chi connectivity index (χ0n) is 6.34. The lowest BCUT2D eigenvalue weighted by Gasteiger charge is -2.30. The predicted octanol–water partition coefficient (Wildman–Crippen LogP) is 1.90. The highest BCUT2D eigenvalue weighted by Crippen LogP contribution is 2.34. The summed E-state index contributed by atoms with van der Waals surface area (Å²) in [4.78, 5) is 10.6. The Morgan fingerprint density at radius 1 is 1.70 bits per heavy atom. The van der Waals surface area contributed by atoms with Crippen LogP contribution in [0.2, 0.25) is 0 Å². The van der Waals surface area contributed by atoms with Gasteiger partial charge in [-0.3, -0.25) is 4.79 Å². The van der Waals surface area contributed by atoms with Crippen molar-refractivity contribution in [2.45, 2.75) is 32.6 Å². The van der Waals surface area contributed by atoms with Gasteiger partial charge in [-0.1, -0.05) is 13.3 Å². The monoisotopic (exact) mass is 142 g/mol. The Labute approximate surface area is 61.2 Å². The van der Waals surface area contributed by atoms with Crippen molar-refractivity contribution in [3.8, 4) is 0 Å². The molecule has 2 heteroatoms. The lowest BCUT2D eigenvalue weighted by atomic mass is 9.75. The topological polar surface area (TPSA) is 37.3 Å². The number of carboxylic acid groups (broad SMARTS) is 1. The Morgan fingerprint density at radius 3 is 2.40 bits per heavy atom. The Morgan fingerprint density at radius 2 is 2.30 bits per heavy atom. The zero-order valence-corrected chi connectivity index (χ0v) is 6.34. The molecule has 1 rings (SSSR count). The van der Waals surface area contributed by atoms with E-state index in [1.807, 2.05) is 6.92 Å². The van der Waals surface area contributed by atoms with Crippen molar-refractivity contribution in [2.24, 2.45) is 11.8 Å². The predicted molar refractivity (Wildman–Crippen MR) is 38.8 cm³/mol. The van der Waals surface area contributed by atoms with Gasteiger partial charge in [-0.05, 0) is 25.2 Å². The maximum absolute atomic E-state index is 10.6. The summed E-state index contributed by atoms with van der Waals surface area (Å²) in [6.07, 6.45) is 4.28. The van der Waals surface area contributed by atoms with Crippen molar-refractivity contribution in [2.75, 3.05) is 0 Å². The molecule has 1 saturated carbocycles. The molecule has 1 fully saturated rings. The van der Waals surface area contributed by atoms with Crippen molar-refractivity contribution in [3.63, 3.8) is 0 Å². The molecule has 1 atom stereocenters. The summed E-state index contributed by atoms with van der Waals surface area (Å²) in [5.41, 5.74) is 0. The van der Waals surface area contributed by atoms with Crippen LogP contribution < -0.4 is 0 Å². The molecule has 0 radical (unpaired) electrons. The number of aliphatic carboxylic acids is 1. The molecular formula is C8H14O2. The Balaban J connectivity index is 2.39. The van der Waals surface area contributed by atoms with Crippen LogP contribution in [0.5, 0.6) is 0 Å². The van der Waals surface area contributed by atoms with E-state index in [4.69, 9.17) is 5.11 Å². The smallest absolute Gasteiger partial charge is 0.306 e. The second kappa shape index (κ2) is 3.04. The average molecular weight is 142 g/mol. The van der Waals surface area contributed by atoms with Crippen LogP contribution in [0.1, 0.15) is 32.6 Å². The molecular weight excluding hydrogens is 128 g/mol. The first kappa shape index (κ1) is 7.58. The molecule has 58 valence electrons. The van der Waals surface area contributed by atoms with Gasteiger partial charge in [0.2, 0.25) is 0 Å². The van der Waals surface area contributed by atoms with Gasteiger partial charge in [0, 0.05) is 0 Å². The minimum absolute atomic E-state index is 0.0613. The number of hydrogen-bond acceptors (Lipinski definition) is 1. The van der Waals surface area contributed by atoms with Gasteiger partial charge < -0.3 is 5.11 Å². The van der Waals surface area contributed by atoms with E-state index in [-0.39, 0.29) is 5.92 Å². The fourth-order valence-corrected chi connectivity index (χ4v) is 1.55. The first-order valence-corrected chi connectivity index (χ1v) is 3.98. The molecule has 0 bridgehead atoms. The summed E-state index contributed by atoms with van der Waals surface area (Å²) in [6, 6.07) is 0. The minimum Gasteiger partial charge on any atom is -0.481 e. The van der Waals surface area contributed by atoms with Crippen molar-refractivity contribution in [1.82, 2.24) is 0 Å². The molecule has 1 aliphatic carbocycles. The van der Waals surface area contributed by atoms with Crippen molar-refractivity contribution < 1.29 is 9.90 Å². The molecule has 1 N–H and O–H groups in total. The molecule has 10 heavy (non-hydrogen) atoms. The van der Waals surface area contributed by atoms with Crippen LogP contribution in [0.4, 0.5) is 0 Å². The van der Waals surface area contributed by atoms with Crippen LogP contribution in [0.3, 0.4) is 0 Å². The molecule has 0 spiro atoms. The van der Waals surface area contributed by atoms with Crippen LogP contribution in [0.25, 0.3) is 0 Å². The van der Waals surface area contributed by atoms with Gasteiger partial charge in [-0.15, -0.1) is 0 Å². The summed E-state index contributed by atoms with van der Waals surface area (Å²) >= 11 is 0. The Hall–Kier alpha value is -0.530. The van der Waals surface area contributed by atoms with Crippen LogP contribution >= 0.6 is 0 Å². The van der Waals surface area contributed by atoms with E-state index in [0.717, 1.165) is 19.3 Å². The molecule has 0 amide bonds. The van der Waals surface area contributed by atoms with Gasteiger partial charge in [0.05, 0.1) is 5.92 Å². The third kappa shape index (κ3) is 1.31. The summed E-state index contributed by atoms with van der Waals surface area (Å²) in [5.74, 6) is -0.177. The molecule has 0 aromatic carbocycles. The SMILES string of the molecule is CC[C@H](C(=O)O)C1CCC1. The normalized spacial score (nSPS) is 21.7. The van der Waals surface area contributed by atoms with Crippen molar-refractivity contribution in [3.05, 3.63) is 0 Å². The summed E-state index contributed by atoms with van der Waals surface area (Å²) in [6.45, 7) is 1.96. The van der Waals surface area contributed by atoms with E-state index in [1.165, 1.54) is 6.42 Å². The average Bonchev–Trinajstić information content (AvgIpc) is 1.76. The fourth-order valence-electron chi connectivity index (χ4n) is 1.55.